The number of esters is 1. The number of imidazole rings is 1. The maximum atomic E-state index is 12.3. The number of pyridine rings is 1. The Bertz CT molecular complexity index is 1080. The van der Waals surface area contributed by atoms with E-state index in [0.29, 0.717) is 11.2 Å². The van der Waals surface area contributed by atoms with Crippen molar-refractivity contribution in [1.82, 2.24) is 9.38 Å². The third-order valence-electron chi connectivity index (χ3n) is 4.21. The van der Waals surface area contributed by atoms with Crippen molar-refractivity contribution in [3.8, 4) is 0 Å². The summed E-state index contributed by atoms with van der Waals surface area (Å²) < 4.78 is 6.93. The Balaban J connectivity index is 2.04. The van der Waals surface area contributed by atoms with Crippen molar-refractivity contribution in [1.29, 1.82) is 0 Å². The highest BCUT2D eigenvalue weighted by Crippen LogP contribution is 2.29. The summed E-state index contributed by atoms with van der Waals surface area (Å²) in [7, 11) is 1.39. The first-order valence-corrected chi connectivity index (χ1v) is 8.00. The van der Waals surface area contributed by atoms with Crippen LogP contribution < -0.4 is 5.32 Å². The number of hydrogen-bond acceptors (Lipinski definition) is 4. The molecule has 0 saturated heterocycles. The number of fused-ring (bicyclic) bond motifs is 3. The second-order valence-corrected chi connectivity index (χ2v) is 5.83. The summed E-state index contributed by atoms with van der Waals surface area (Å²) in [6.07, 6.45) is 0. The molecule has 124 valence electrons. The fraction of sp³-hybridized carbons (Fsp3) is 0.100. The molecule has 5 nitrogen and oxygen atoms in total. The van der Waals surface area contributed by atoms with Gasteiger partial charge in [0.1, 0.15) is 11.4 Å². The van der Waals surface area contributed by atoms with Crippen LogP contribution in [0.4, 0.5) is 11.5 Å². The van der Waals surface area contributed by atoms with E-state index < -0.39 is 0 Å². The zero-order valence-electron chi connectivity index (χ0n) is 14.0. The molecule has 4 aromatic rings. The van der Waals surface area contributed by atoms with Crippen LogP contribution in [0.3, 0.4) is 0 Å². The van der Waals surface area contributed by atoms with Gasteiger partial charge in [0.05, 0.1) is 18.1 Å². The van der Waals surface area contributed by atoms with E-state index in [4.69, 9.17) is 4.74 Å². The molecular weight excluding hydrogens is 314 g/mol. The number of para-hydroxylation sites is 3. The molecule has 0 fully saturated rings. The van der Waals surface area contributed by atoms with Gasteiger partial charge in [0, 0.05) is 5.69 Å². The van der Waals surface area contributed by atoms with Crippen molar-refractivity contribution in [2.24, 2.45) is 0 Å². The molecule has 5 heteroatoms. The molecule has 0 radical (unpaired) electrons. The number of carbonyl (C=O) groups excluding carboxylic acids is 1. The van der Waals surface area contributed by atoms with Crippen LogP contribution in [0, 0.1) is 6.92 Å². The number of hydrogen-bond donors (Lipinski definition) is 1. The van der Waals surface area contributed by atoms with Crippen LogP contribution in [-0.2, 0) is 4.74 Å². The smallest absolute Gasteiger partial charge is 0.341 e. The highest BCUT2D eigenvalue weighted by Gasteiger charge is 2.20. The predicted molar refractivity (Wildman–Crippen MR) is 98.5 cm³/mol. The van der Waals surface area contributed by atoms with Crippen molar-refractivity contribution < 1.29 is 9.53 Å². The van der Waals surface area contributed by atoms with Crippen LogP contribution in [0.1, 0.15) is 15.9 Å². The number of aryl methyl sites for hydroxylation is 1. The molecule has 2 aromatic heterocycles. The first-order chi connectivity index (χ1) is 12.2. The van der Waals surface area contributed by atoms with Gasteiger partial charge in [-0.05, 0) is 42.8 Å². The minimum Gasteiger partial charge on any atom is -0.465 e. The third-order valence-corrected chi connectivity index (χ3v) is 4.21. The number of benzene rings is 2. The maximum Gasteiger partial charge on any atom is 0.341 e. The van der Waals surface area contributed by atoms with Gasteiger partial charge >= 0.3 is 5.97 Å². The Labute approximate surface area is 144 Å². The van der Waals surface area contributed by atoms with E-state index in [1.54, 1.807) is 0 Å². The van der Waals surface area contributed by atoms with E-state index >= 15 is 0 Å². The Kier molecular flexibility index (Phi) is 3.61. The molecule has 0 saturated carbocycles. The van der Waals surface area contributed by atoms with Gasteiger partial charge in [-0.1, -0.05) is 30.3 Å². The number of aromatic nitrogens is 2. The van der Waals surface area contributed by atoms with Gasteiger partial charge in [-0.2, -0.15) is 0 Å². The highest BCUT2D eigenvalue weighted by molar-refractivity contribution is 6.00. The van der Waals surface area contributed by atoms with Crippen molar-refractivity contribution in [2.45, 2.75) is 6.92 Å². The molecule has 0 aliphatic heterocycles. The van der Waals surface area contributed by atoms with Gasteiger partial charge < -0.3 is 10.1 Å². The Hall–Kier alpha value is -3.34. The summed E-state index contributed by atoms with van der Waals surface area (Å²) in [5.41, 5.74) is 4.61. The molecule has 0 aliphatic rings. The Morgan fingerprint density at radius 3 is 2.56 bits per heavy atom. The normalized spacial score (nSPS) is 11.0. The zero-order chi connectivity index (χ0) is 17.4. The molecule has 1 N–H and O–H groups in total. The number of nitrogens with zero attached hydrogens (tertiary/aromatic N) is 2. The number of rotatable bonds is 3. The highest BCUT2D eigenvalue weighted by atomic mass is 16.5. The quantitative estimate of drug-likeness (QED) is 0.568. The van der Waals surface area contributed by atoms with Crippen LogP contribution in [0.15, 0.2) is 60.7 Å². The lowest BCUT2D eigenvalue weighted by atomic mass is 10.1. The van der Waals surface area contributed by atoms with Crippen molar-refractivity contribution in [3.63, 3.8) is 0 Å². The molecule has 0 unspecified atom stereocenters. The molecule has 4 rings (SSSR count). The van der Waals surface area contributed by atoms with Gasteiger partial charge in [-0.15, -0.1) is 0 Å². The van der Waals surface area contributed by atoms with Crippen LogP contribution in [0.5, 0.6) is 0 Å². The predicted octanol–water partition coefficient (Wildman–Crippen LogP) is 4.33. The lowest BCUT2D eigenvalue weighted by Crippen LogP contribution is -2.09. The molecular formula is C20H17N3O2. The van der Waals surface area contributed by atoms with Gasteiger partial charge in [-0.25, -0.2) is 9.78 Å². The van der Waals surface area contributed by atoms with Gasteiger partial charge in [0.25, 0.3) is 0 Å². The van der Waals surface area contributed by atoms with Crippen molar-refractivity contribution in [2.75, 3.05) is 12.4 Å². The molecule has 25 heavy (non-hydrogen) atoms. The fourth-order valence-electron chi connectivity index (χ4n) is 3.07. The van der Waals surface area contributed by atoms with Crippen LogP contribution >= 0.6 is 0 Å². The van der Waals surface area contributed by atoms with Crippen LogP contribution in [0.2, 0.25) is 0 Å². The topological polar surface area (TPSA) is 55.6 Å². The first-order valence-electron chi connectivity index (χ1n) is 8.00. The Morgan fingerprint density at radius 2 is 1.80 bits per heavy atom. The summed E-state index contributed by atoms with van der Waals surface area (Å²) in [5, 5.41) is 3.42. The fourth-order valence-corrected chi connectivity index (χ4v) is 3.07. The van der Waals surface area contributed by atoms with E-state index in [9.17, 15) is 4.79 Å². The molecule has 0 atom stereocenters. The number of nitrogens with one attached hydrogen (secondary N) is 1. The minimum atomic E-state index is -0.385. The minimum absolute atomic E-state index is 0.385. The van der Waals surface area contributed by atoms with Gasteiger partial charge in [0.2, 0.25) is 0 Å². The number of ether oxygens (including phenoxy) is 1. The average Bonchev–Trinajstić information content (AvgIpc) is 3.01. The Morgan fingerprint density at radius 1 is 1.08 bits per heavy atom. The second kappa shape index (κ2) is 5.94. The van der Waals surface area contributed by atoms with E-state index in [-0.39, 0.29) is 5.97 Å². The summed E-state index contributed by atoms with van der Waals surface area (Å²) in [4.78, 5) is 17.0. The second-order valence-electron chi connectivity index (χ2n) is 5.83. The molecule has 2 aromatic carbocycles. The molecule has 0 bridgehead atoms. The van der Waals surface area contributed by atoms with Crippen LogP contribution in [0.25, 0.3) is 16.7 Å². The third kappa shape index (κ3) is 2.50. The molecule has 0 spiro atoms. The molecule has 2 heterocycles. The largest absolute Gasteiger partial charge is 0.465 e. The van der Waals surface area contributed by atoms with Crippen LogP contribution in [-0.4, -0.2) is 22.5 Å². The molecule has 0 amide bonds. The molecule has 0 aliphatic carbocycles. The lowest BCUT2D eigenvalue weighted by Gasteiger charge is -2.14. The van der Waals surface area contributed by atoms with E-state index in [0.717, 1.165) is 28.1 Å². The maximum absolute atomic E-state index is 12.3. The standard InChI is InChI=1S/C20H17N3O2/c1-13-12-17(21-14-8-4-3-5-9-14)23-16-11-7-6-10-15(16)22-19(23)18(13)20(24)25-2/h3-12,21H,1-2H3. The number of methoxy groups -OCH3 is 1. The lowest BCUT2D eigenvalue weighted by molar-refractivity contribution is 0.0601. The van der Waals surface area contributed by atoms with E-state index in [1.165, 1.54) is 7.11 Å². The summed E-state index contributed by atoms with van der Waals surface area (Å²) in [6.45, 7) is 1.89. The van der Waals surface area contributed by atoms with Gasteiger partial charge in [-0.3, -0.25) is 4.40 Å². The van der Waals surface area contributed by atoms with E-state index in [1.807, 2.05) is 72.0 Å². The van der Waals surface area contributed by atoms with Gasteiger partial charge in [0.15, 0.2) is 5.65 Å². The van der Waals surface area contributed by atoms with E-state index in [2.05, 4.69) is 10.3 Å². The number of anilines is 2. The van der Waals surface area contributed by atoms with Crippen molar-refractivity contribution >= 4 is 34.2 Å². The van der Waals surface area contributed by atoms with Crippen molar-refractivity contribution in [3.05, 3.63) is 71.8 Å². The summed E-state index contributed by atoms with van der Waals surface area (Å²) in [5.74, 6) is 0.462. The average molecular weight is 331 g/mol. The summed E-state index contributed by atoms with van der Waals surface area (Å²) in [6, 6.07) is 19.7. The monoisotopic (exact) mass is 331 g/mol. The first kappa shape index (κ1) is 15.2. The number of carbonyl (C=O) groups is 1. The zero-order valence-corrected chi connectivity index (χ0v) is 14.0. The summed E-state index contributed by atoms with van der Waals surface area (Å²) >= 11 is 0. The SMILES string of the molecule is COC(=O)c1c(C)cc(Nc2ccccc2)n2c1nc1ccccc12.